The normalized spacial score (nSPS) is 16.7. The first-order valence-electron chi connectivity index (χ1n) is 7.00. The van der Waals surface area contributed by atoms with Crippen LogP contribution < -0.4 is 5.32 Å². The quantitative estimate of drug-likeness (QED) is 0.832. The van der Waals surface area contributed by atoms with Gasteiger partial charge < -0.3 is 5.32 Å². The van der Waals surface area contributed by atoms with E-state index in [0.29, 0.717) is 5.78 Å². The summed E-state index contributed by atoms with van der Waals surface area (Å²) in [6.45, 7) is 4.02. The number of hydrogen-bond acceptors (Lipinski definition) is 2. The first-order chi connectivity index (χ1) is 9.27. The zero-order chi connectivity index (χ0) is 13.2. The first-order valence-corrected chi connectivity index (χ1v) is 7.00. The predicted molar refractivity (Wildman–Crippen MR) is 78.6 cm³/mol. The van der Waals surface area contributed by atoms with Gasteiger partial charge in [0, 0.05) is 11.5 Å². The summed E-state index contributed by atoms with van der Waals surface area (Å²) in [4.78, 5) is 12.7. The highest BCUT2D eigenvalue weighted by Gasteiger charge is 2.23. The van der Waals surface area contributed by atoms with E-state index in [1.54, 1.807) is 0 Å². The molecule has 1 fully saturated rings. The lowest BCUT2D eigenvalue weighted by atomic mass is 9.87. The topological polar surface area (TPSA) is 29.1 Å². The summed E-state index contributed by atoms with van der Waals surface area (Å²) in [6, 6.07) is 12.3. The molecule has 0 radical (unpaired) electrons. The average molecular weight is 253 g/mol. The lowest BCUT2D eigenvalue weighted by Gasteiger charge is -2.22. The monoisotopic (exact) mass is 253 g/mol. The molecule has 0 bridgehead atoms. The number of hydrogen-bond donors (Lipinski definition) is 1. The van der Waals surface area contributed by atoms with Crippen LogP contribution in [-0.4, -0.2) is 18.9 Å². The van der Waals surface area contributed by atoms with Crippen LogP contribution in [0.3, 0.4) is 0 Å². The van der Waals surface area contributed by atoms with Crippen LogP contribution >= 0.6 is 0 Å². The Morgan fingerprint density at radius 1 is 1.05 bits per heavy atom. The fourth-order valence-electron chi connectivity index (χ4n) is 2.97. The van der Waals surface area contributed by atoms with Crippen LogP contribution in [0.15, 0.2) is 36.4 Å². The van der Waals surface area contributed by atoms with Crippen molar-refractivity contribution in [1.29, 1.82) is 0 Å². The largest absolute Gasteiger partial charge is 0.317 e. The number of ketones is 1. The molecule has 19 heavy (non-hydrogen) atoms. The summed E-state index contributed by atoms with van der Waals surface area (Å²) in [5.41, 5.74) is 2.13. The van der Waals surface area contributed by atoms with Crippen LogP contribution in [0.2, 0.25) is 0 Å². The molecule has 0 spiro atoms. The molecule has 1 aliphatic heterocycles. The number of piperidine rings is 1. The highest BCUT2D eigenvalue weighted by molar-refractivity contribution is 6.09. The molecule has 0 unspecified atom stereocenters. The molecule has 0 aromatic heterocycles. The number of rotatable bonds is 2. The fourth-order valence-corrected chi connectivity index (χ4v) is 2.97. The van der Waals surface area contributed by atoms with Crippen molar-refractivity contribution in [2.75, 3.05) is 13.1 Å². The molecule has 0 aliphatic carbocycles. The van der Waals surface area contributed by atoms with Crippen LogP contribution in [0.25, 0.3) is 10.8 Å². The van der Waals surface area contributed by atoms with Crippen molar-refractivity contribution in [2.24, 2.45) is 5.92 Å². The second-order valence-electron chi connectivity index (χ2n) is 5.36. The van der Waals surface area contributed by atoms with Crippen molar-refractivity contribution in [3.63, 3.8) is 0 Å². The number of aryl methyl sites for hydroxylation is 1. The molecular formula is C17H19NO. The van der Waals surface area contributed by atoms with Gasteiger partial charge in [0.15, 0.2) is 5.78 Å². The molecule has 1 N–H and O–H groups in total. The molecule has 0 saturated carbocycles. The zero-order valence-corrected chi connectivity index (χ0v) is 11.3. The smallest absolute Gasteiger partial charge is 0.166 e. The van der Waals surface area contributed by atoms with Crippen LogP contribution in [0.5, 0.6) is 0 Å². The average Bonchev–Trinajstić information content (AvgIpc) is 2.48. The van der Waals surface area contributed by atoms with Crippen molar-refractivity contribution in [1.82, 2.24) is 5.32 Å². The Labute approximate surface area is 113 Å². The molecule has 1 heterocycles. The van der Waals surface area contributed by atoms with Gasteiger partial charge in [-0.1, -0.05) is 36.4 Å². The van der Waals surface area contributed by atoms with E-state index in [0.717, 1.165) is 36.9 Å². The summed E-state index contributed by atoms with van der Waals surface area (Å²) in [6.07, 6.45) is 1.92. The molecule has 2 nitrogen and oxygen atoms in total. The van der Waals surface area contributed by atoms with E-state index in [-0.39, 0.29) is 5.92 Å². The van der Waals surface area contributed by atoms with Crippen molar-refractivity contribution in [2.45, 2.75) is 19.8 Å². The van der Waals surface area contributed by atoms with E-state index >= 15 is 0 Å². The maximum Gasteiger partial charge on any atom is 0.166 e. The van der Waals surface area contributed by atoms with Gasteiger partial charge in [0.25, 0.3) is 0 Å². The predicted octanol–water partition coefficient (Wildman–Crippen LogP) is 3.33. The number of nitrogens with one attached hydrogen (secondary N) is 1. The van der Waals surface area contributed by atoms with Gasteiger partial charge in [0.2, 0.25) is 0 Å². The Morgan fingerprint density at radius 3 is 2.47 bits per heavy atom. The number of fused-ring (bicyclic) bond motifs is 1. The summed E-state index contributed by atoms with van der Waals surface area (Å²) < 4.78 is 0. The molecule has 2 aromatic carbocycles. The van der Waals surface area contributed by atoms with E-state index < -0.39 is 0 Å². The molecule has 2 heteroatoms. The van der Waals surface area contributed by atoms with Crippen LogP contribution in [-0.2, 0) is 0 Å². The Morgan fingerprint density at radius 2 is 1.74 bits per heavy atom. The summed E-state index contributed by atoms with van der Waals surface area (Å²) in [5, 5.41) is 5.61. The Balaban J connectivity index is 2.05. The van der Waals surface area contributed by atoms with Gasteiger partial charge in [0.1, 0.15) is 0 Å². The summed E-state index contributed by atoms with van der Waals surface area (Å²) in [7, 11) is 0. The van der Waals surface area contributed by atoms with Crippen LogP contribution in [0.4, 0.5) is 0 Å². The minimum absolute atomic E-state index is 0.187. The van der Waals surface area contributed by atoms with Crippen molar-refractivity contribution < 1.29 is 4.79 Å². The van der Waals surface area contributed by atoms with E-state index in [2.05, 4.69) is 30.4 Å². The zero-order valence-electron chi connectivity index (χ0n) is 11.3. The molecule has 0 amide bonds. The first kappa shape index (κ1) is 12.4. The SMILES string of the molecule is Cc1ccc(C(=O)C2CCNCC2)c2ccccc12. The molecule has 1 aliphatic rings. The Bertz CT molecular complexity index is 612. The van der Waals surface area contributed by atoms with Crippen molar-refractivity contribution in [3.05, 3.63) is 47.5 Å². The van der Waals surface area contributed by atoms with Gasteiger partial charge in [-0.15, -0.1) is 0 Å². The maximum absolute atomic E-state index is 12.7. The summed E-state index contributed by atoms with van der Waals surface area (Å²) >= 11 is 0. The van der Waals surface area contributed by atoms with E-state index in [9.17, 15) is 4.79 Å². The fraction of sp³-hybridized carbons (Fsp3) is 0.353. The second kappa shape index (κ2) is 5.14. The molecule has 2 aromatic rings. The number of Topliss-reactive ketones (excluding diaryl/α,β-unsaturated/α-hetero) is 1. The third kappa shape index (κ3) is 2.28. The standard InChI is InChI=1S/C17H19NO/c1-12-6-7-16(15-5-3-2-4-14(12)15)17(19)13-8-10-18-11-9-13/h2-7,13,18H,8-11H2,1H3. The summed E-state index contributed by atoms with van der Waals surface area (Å²) in [5.74, 6) is 0.505. The minimum atomic E-state index is 0.187. The van der Waals surface area contributed by atoms with Gasteiger partial charge >= 0.3 is 0 Å². The van der Waals surface area contributed by atoms with Gasteiger partial charge in [0.05, 0.1) is 0 Å². The Hall–Kier alpha value is -1.67. The lowest BCUT2D eigenvalue weighted by molar-refractivity contribution is 0.0897. The van der Waals surface area contributed by atoms with E-state index in [1.807, 2.05) is 18.2 Å². The Kier molecular flexibility index (Phi) is 3.34. The third-order valence-corrected chi connectivity index (χ3v) is 4.12. The minimum Gasteiger partial charge on any atom is -0.317 e. The highest BCUT2D eigenvalue weighted by atomic mass is 16.1. The molecule has 98 valence electrons. The van der Waals surface area contributed by atoms with Gasteiger partial charge in [-0.3, -0.25) is 4.79 Å². The molecule has 0 atom stereocenters. The van der Waals surface area contributed by atoms with Crippen LogP contribution in [0, 0.1) is 12.8 Å². The van der Waals surface area contributed by atoms with Gasteiger partial charge in [-0.2, -0.15) is 0 Å². The maximum atomic E-state index is 12.7. The van der Waals surface area contributed by atoms with Gasteiger partial charge in [-0.05, 0) is 49.2 Å². The van der Waals surface area contributed by atoms with Crippen LogP contribution in [0.1, 0.15) is 28.8 Å². The number of carbonyl (C=O) groups is 1. The van der Waals surface area contributed by atoms with Gasteiger partial charge in [-0.25, -0.2) is 0 Å². The highest BCUT2D eigenvalue weighted by Crippen LogP contribution is 2.26. The second-order valence-corrected chi connectivity index (χ2v) is 5.36. The lowest BCUT2D eigenvalue weighted by Crippen LogP contribution is -2.31. The number of carbonyl (C=O) groups excluding carboxylic acids is 1. The third-order valence-electron chi connectivity index (χ3n) is 4.12. The van der Waals surface area contributed by atoms with Crippen molar-refractivity contribution >= 4 is 16.6 Å². The van der Waals surface area contributed by atoms with E-state index in [4.69, 9.17) is 0 Å². The molecule has 1 saturated heterocycles. The molecule has 3 rings (SSSR count). The van der Waals surface area contributed by atoms with E-state index in [1.165, 1.54) is 10.9 Å². The molecular weight excluding hydrogens is 234 g/mol. The van der Waals surface area contributed by atoms with Crippen molar-refractivity contribution in [3.8, 4) is 0 Å². The number of benzene rings is 2.